The van der Waals surface area contributed by atoms with Crippen LogP contribution in [-0.2, 0) is 4.79 Å². The summed E-state index contributed by atoms with van der Waals surface area (Å²) in [6, 6.07) is -0.562. The number of urea groups is 1. The summed E-state index contributed by atoms with van der Waals surface area (Å²) in [6.07, 6.45) is 3.91. The van der Waals surface area contributed by atoms with Gasteiger partial charge < -0.3 is 21.7 Å². The van der Waals surface area contributed by atoms with E-state index in [1.807, 2.05) is 0 Å². The molecule has 6 heteroatoms. The Morgan fingerprint density at radius 2 is 2.06 bits per heavy atom. The maximum absolute atomic E-state index is 11.5. The Bertz CT molecular complexity index is 252. The number of rotatable bonds is 6. The van der Waals surface area contributed by atoms with E-state index >= 15 is 0 Å². The number of carbonyl (C=O) groups is 2. The standard InChI is InChI=1S/C11H22N4O2/c12-11(17)15-7-6-14-10(16)4-3-9-2-1-5-13-8-9/h9,13H,1-8H2,(H,14,16)(H3,12,15,17). The summed E-state index contributed by atoms with van der Waals surface area (Å²) < 4.78 is 0. The number of nitrogens with one attached hydrogen (secondary N) is 3. The van der Waals surface area contributed by atoms with Crippen LogP contribution >= 0.6 is 0 Å². The minimum absolute atomic E-state index is 0.0434. The molecule has 0 aromatic carbocycles. The maximum atomic E-state index is 11.5. The zero-order valence-electron chi connectivity index (χ0n) is 10.1. The quantitative estimate of drug-likeness (QED) is 0.475. The topological polar surface area (TPSA) is 96.2 Å². The van der Waals surface area contributed by atoms with Gasteiger partial charge in [-0.1, -0.05) is 0 Å². The van der Waals surface area contributed by atoms with Crippen molar-refractivity contribution in [2.75, 3.05) is 26.2 Å². The lowest BCUT2D eigenvalue weighted by Gasteiger charge is -2.22. The van der Waals surface area contributed by atoms with Crippen molar-refractivity contribution in [3.63, 3.8) is 0 Å². The fourth-order valence-electron chi connectivity index (χ4n) is 1.98. The minimum atomic E-state index is -0.562. The van der Waals surface area contributed by atoms with Gasteiger partial charge in [0.15, 0.2) is 0 Å². The summed E-state index contributed by atoms with van der Waals surface area (Å²) in [5.41, 5.74) is 4.90. The summed E-state index contributed by atoms with van der Waals surface area (Å²) in [6.45, 7) is 2.94. The molecule has 0 saturated carbocycles. The Morgan fingerprint density at radius 1 is 1.29 bits per heavy atom. The van der Waals surface area contributed by atoms with Gasteiger partial charge in [0.25, 0.3) is 0 Å². The first-order valence-electron chi connectivity index (χ1n) is 6.19. The second kappa shape index (κ2) is 7.89. The first-order chi connectivity index (χ1) is 8.18. The predicted molar refractivity (Wildman–Crippen MR) is 65.4 cm³/mol. The molecule has 0 aromatic rings. The smallest absolute Gasteiger partial charge is 0.312 e. The van der Waals surface area contributed by atoms with E-state index in [9.17, 15) is 9.59 Å². The summed E-state index contributed by atoms with van der Waals surface area (Å²) >= 11 is 0. The first-order valence-corrected chi connectivity index (χ1v) is 6.19. The highest BCUT2D eigenvalue weighted by molar-refractivity contribution is 5.76. The van der Waals surface area contributed by atoms with Crippen LogP contribution in [-0.4, -0.2) is 38.1 Å². The van der Waals surface area contributed by atoms with Gasteiger partial charge in [0, 0.05) is 19.5 Å². The second-order valence-corrected chi connectivity index (χ2v) is 4.39. The number of hydrogen-bond acceptors (Lipinski definition) is 3. The largest absolute Gasteiger partial charge is 0.354 e. The van der Waals surface area contributed by atoms with Crippen molar-refractivity contribution in [1.82, 2.24) is 16.0 Å². The Hall–Kier alpha value is -1.30. The molecule has 1 heterocycles. The van der Waals surface area contributed by atoms with Crippen LogP contribution in [0.4, 0.5) is 4.79 Å². The molecule has 0 radical (unpaired) electrons. The van der Waals surface area contributed by atoms with Crippen molar-refractivity contribution < 1.29 is 9.59 Å². The van der Waals surface area contributed by atoms with Gasteiger partial charge in [-0.15, -0.1) is 0 Å². The molecule has 1 saturated heterocycles. The lowest BCUT2D eigenvalue weighted by atomic mass is 9.94. The molecule has 0 aromatic heterocycles. The van der Waals surface area contributed by atoms with Crippen molar-refractivity contribution in [1.29, 1.82) is 0 Å². The molecule has 0 bridgehead atoms. The van der Waals surface area contributed by atoms with E-state index in [-0.39, 0.29) is 5.91 Å². The van der Waals surface area contributed by atoms with E-state index < -0.39 is 6.03 Å². The number of piperidine rings is 1. The van der Waals surface area contributed by atoms with E-state index in [1.165, 1.54) is 12.8 Å². The van der Waals surface area contributed by atoms with E-state index in [0.29, 0.717) is 25.4 Å². The number of carbonyl (C=O) groups excluding carboxylic acids is 2. The molecule has 1 unspecified atom stereocenters. The molecule has 1 rings (SSSR count). The average Bonchev–Trinajstić information content (AvgIpc) is 2.33. The first kappa shape index (κ1) is 13.8. The molecular formula is C11H22N4O2. The van der Waals surface area contributed by atoms with Crippen molar-refractivity contribution in [3.05, 3.63) is 0 Å². The maximum Gasteiger partial charge on any atom is 0.312 e. The van der Waals surface area contributed by atoms with Gasteiger partial charge >= 0.3 is 6.03 Å². The molecule has 17 heavy (non-hydrogen) atoms. The molecule has 6 nitrogen and oxygen atoms in total. The lowest BCUT2D eigenvalue weighted by molar-refractivity contribution is -0.121. The summed E-state index contributed by atoms with van der Waals surface area (Å²) in [4.78, 5) is 21.8. The fourth-order valence-corrected chi connectivity index (χ4v) is 1.98. The van der Waals surface area contributed by atoms with Crippen LogP contribution in [0.5, 0.6) is 0 Å². The fraction of sp³-hybridized carbons (Fsp3) is 0.818. The second-order valence-electron chi connectivity index (χ2n) is 4.39. The van der Waals surface area contributed by atoms with Crippen molar-refractivity contribution in [2.45, 2.75) is 25.7 Å². The van der Waals surface area contributed by atoms with Gasteiger partial charge in [0.2, 0.25) is 5.91 Å². The van der Waals surface area contributed by atoms with E-state index in [2.05, 4.69) is 16.0 Å². The lowest BCUT2D eigenvalue weighted by Crippen LogP contribution is -2.37. The van der Waals surface area contributed by atoms with Crippen molar-refractivity contribution >= 4 is 11.9 Å². The SMILES string of the molecule is NC(=O)NCCNC(=O)CCC1CCCNC1. The van der Waals surface area contributed by atoms with Crippen LogP contribution < -0.4 is 21.7 Å². The van der Waals surface area contributed by atoms with Gasteiger partial charge in [-0.05, 0) is 38.3 Å². The summed E-state index contributed by atoms with van der Waals surface area (Å²) in [7, 11) is 0. The monoisotopic (exact) mass is 242 g/mol. The van der Waals surface area contributed by atoms with Crippen LogP contribution in [0.25, 0.3) is 0 Å². The third-order valence-electron chi connectivity index (χ3n) is 2.92. The third kappa shape index (κ3) is 6.78. The number of amides is 3. The molecule has 0 spiro atoms. The Balaban J connectivity index is 1.98. The molecule has 1 aliphatic rings. The highest BCUT2D eigenvalue weighted by Gasteiger charge is 2.14. The van der Waals surface area contributed by atoms with E-state index in [4.69, 9.17) is 5.73 Å². The zero-order valence-corrected chi connectivity index (χ0v) is 10.1. The Morgan fingerprint density at radius 3 is 2.71 bits per heavy atom. The van der Waals surface area contributed by atoms with Crippen LogP contribution in [0.1, 0.15) is 25.7 Å². The predicted octanol–water partition coefficient (Wildman–Crippen LogP) is -0.449. The Labute approximate surface area is 102 Å². The summed E-state index contributed by atoms with van der Waals surface area (Å²) in [5, 5.41) is 8.50. The molecular weight excluding hydrogens is 220 g/mol. The van der Waals surface area contributed by atoms with Gasteiger partial charge in [-0.3, -0.25) is 4.79 Å². The molecule has 1 aliphatic heterocycles. The van der Waals surface area contributed by atoms with Crippen LogP contribution in [0, 0.1) is 5.92 Å². The zero-order chi connectivity index (χ0) is 12.5. The van der Waals surface area contributed by atoms with Gasteiger partial charge in [-0.25, -0.2) is 4.79 Å². The molecule has 1 fully saturated rings. The molecule has 0 aliphatic carbocycles. The molecule has 98 valence electrons. The van der Waals surface area contributed by atoms with Gasteiger partial charge in [0.05, 0.1) is 0 Å². The van der Waals surface area contributed by atoms with Gasteiger partial charge in [0.1, 0.15) is 0 Å². The summed E-state index contributed by atoms with van der Waals surface area (Å²) in [5.74, 6) is 0.667. The highest BCUT2D eigenvalue weighted by atomic mass is 16.2. The number of primary amides is 1. The average molecular weight is 242 g/mol. The number of hydrogen-bond donors (Lipinski definition) is 4. The minimum Gasteiger partial charge on any atom is -0.354 e. The van der Waals surface area contributed by atoms with Crippen LogP contribution in [0.2, 0.25) is 0 Å². The highest BCUT2D eigenvalue weighted by Crippen LogP contribution is 2.15. The molecule has 1 atom stereocenters. The van der Waals surface area contributed by atoms with E-state index in [1.54, 1.807) is 0 Å². The van der Waals surface area contributed by atoms with Crippen LogP contribution in [0.3, 0.4) is 0 Å². The van der Waals surface area contributed by atoms with Gasteiger partial charge in [-0.2, -0.15) is 0 Å². The normalized spacial score (nSPS) is 19.6. The third-order valence-corrected chi connectivity index (χ3v) is 2.92. The van der Waals surface area contributed by atoms with Crippen molar-refractivity contribution in [2.24, 2.45) is 11.7 Å². The molecule has 3 amide bonds. The van der Waals surface area contributed by atoms with Crippen molar-refractivity contribution in [3.8, 4) is 0 Å². The van der Waals surface area contributed by atoms with Crippen LogP contribution in [0.15, 0.2) is 0 Å². The Kier molecular flexibility index (Phi) is 6.39. The molecule has 5 N–H and O–H groups in total. The van der Waals surface area contributed by atoms with E-state index in [0.717, 1.165) is 19.5 Å². The number of nitrogens with two attached hydrogens (primary N) is 1.